The van der Waals surface area contributed by atoms with Crippen LogP contribution in [0.15, 0.2) is 58.4 Å². The van der Waals surface area contributed by atoms with Gasteiger partial charge in [0.2, 0.25) is 11.8 Å². The molecule has 1 saturated heterocycles. The van der Waals surface area contributed by atoms with Crippen LogP contribution in [0.3, 0.4) is 0 Å². The molecule has 2 amide bonds. The third-order valence-corrected chi connectivity index (χ3v) is 9.46. The number of alkyl halides is 3. The molecule has 2 atom stereocenters. The number of nitrogens with zero attached hydrogens (tertiary/aromatic N) is 2. The standard InChI is InChI=1S/C28H33F3N6O4S/c1-17(32)13-25(35-20-8-6-7-19(14-20)34-18(2)38)37-16-21(15-23(37)26(39)36-27(33-3)11-12-27)42(40,41)24-10-5-4-9-22(24)28(29,30)31/h4-10,14,21,23,32-33H,11-13,15-16H2,1-3H3,(H,34,38)(H,36,39). The predicted octanol–water partition coefficient (Wildman–Crippen LogP) is 3.87. The summed E-state index contributed by atoms with van der Waals surface area (Å²) in [5.74, 6) is -0.585. The van der Waals surface area contributed by atoms with Gasteiger partial charge in [-0.15, -0.1) is 0 Å². The molecule has 1 saturated carbocycles. The Balaban J connectivity index is 1.77. The molecule has 0 aromatic heterocycles. The summed E-state index contributed by atoms with van der Waals surface area (Å²) in [5.41, 5.74) is -0.896. The molecule has 0 radical (unpaired) electrons. The fraction of sp³-hybridized carbons (Fsp3) is 0.429. The van der Waals surface area contributed by atoms with Crippen molar-refractivity contribution in [2.75, 3.05) is 18.9 Å². The number of halogens is 3. The minimum absolute atomic E-state index is 0.0444. The lowest BCUT2D eigenvalue weighted by atomic mass is 10.1. The number of aliphatic imine (C=N–C) groups is 1. The molecule has 1 heterocycles. The van der Waals surface area contributed by atoms with E-state index in [2.05, 4.69) is 20.9 Å². The van der Waals surface area contributed by atoms with Gasteiger partial charge in [0.1, 0.15) is 11.9 Å². The van der Waals surface area contributed by atoms with Crippen LogP contribution >= 0.6 is 0 Å². The smallest absolute Gasteiger partial charge is 0.346 e. The highest BCUT2D eigenvalue weighted by Gasteiger charge is 2.50. The number of sulfone groups is 1. The third-order valence-electron chi connectivity index (χ3n) is 7.27. The second-order valence-corrected chi connectivity index (χ2v) is 12.8. The van der Waals surface area contributed by atoms with Gasteiger partial charge in [0.25, 0.3) is 0 Å². The first-order valence-electron chi connectivity index (χ1n) is 13.3. The molecule has 2 fully saturated rings. The lowest BCUT2D eigenvalue weighted by molar-refractivity contribution is -0.140. The molecule has 226 valence electrons. The molecule has 4 rings (SSSR count). The number of hydrogen-bond donors (Lipinski definition) is 4. The van der Waals surface area contributed by atoms with E-state index in [-0.39, 0.29) is 36.8 Å². The average Bonchev–Trinajstić information content (AvgIpc) is 3.52. The zero-order valence-corrected chi connectivity index (χ0v) is 24.2. The van der Waals surface area contributed by atoms with E-state index in [4.69, 9.17) is 5.41 Å². The topological polar surface area (TPSA) is 144 Å². The average molecular weight is 607 g/mol. The summed E-state index contributed by atoms with van der Waals surface area (Å²) in [6, 6.07) is 9.46. The Morgan fingerprint density at radius 3 is 2.40 bits per heavy atom. The zero-order chi connectivity index (χ0) is 30.9. The maximum absolute atomic E-state index is 13.8. The number of likely N-dealkylation sites (tertiary alicyclic amines) is 1. The summed E-state index contributed by atoms with van der Waals surface area (Å²) >= 11 is 0. The van der Waals surface area contributed by atoms with Gasteiger partial charge in [0.15, 0.2) is 9.84 Å². The SMILES string of the molecule is CNC1(NC(=O)C2CC(S(=O)(=O)c3ccccc3C(F)(F)F)CN2C(CC(C)=N)=Nc2cccc(NC(C)=O)c2)CC1. The Morgan fingerprint density at radius 1 is 1.12 bits per heavy atom. The van der Waals surface area contributed by atoms with Crippen molar-refractivity contribution in [3.05, 3.63) is 54.1 Å². The van der Waals surface area contributed by atoms with Crippen molar-refractivity contribution in [1.82, 2.24) is 15.5 Å². The minimum atomic E-state index is -4.90. The van der Waals surface area contributed by atoms with Crippen LogP contribution in [0, 0.1) is 5.41 Å². The normalized spacial score (nSPS) is 20.2. The van der Waals surface area contributed by atoms with Gasteiger partial charge in [-0.05, 0) is 63.6 Å². The van der Waals surface area contributed by atoms with Crippen molar-refractivity contribution in [2.45, 2.75) is 67.6 Å². The summed E-state index contributed by atoms with van der Waals surface area (Å²) in [7, 11) is -2.87. The summed E-state index contributed by atoms with van der Waals surface area (Å²) in [4.78, 5) is 30.4. The molecule has 4 N–H and O–H groups in total. The van der Waals surface area contributed by atoms with E-state index in [1.165, 1.54) is 24.8 Å². The maximum atomic E-state index is 13.8. The molecule has 2 aromatic rings. The lowest BCUT2D eigenvalue weighted by Gasteiger charge is -2.29. The molecular weight excluding hydrogens is 573 g/mol. The van der Waals surface area contributed by atoms with E-state index in [0.717, 1.165) is 18.2 Å². The van der Waals surface area contributed by atoms with Crippen LogP contribution < -0.4 is 16.0 Å². The molecule has 10 nitrogen and oxygen atoms in total. The van der Waals surface area contributed by atoms with E-state index >= 15 is 0 Å². The number of rotatable bonds is 9. The molecule has 2 aromatic carbocycles. The van der Waals surface area contributed by atoms with E-state index in [0.29, 0.717) is 24.2 Å². The van der Waals surface area contributed by atoms with Crippen LogP contribution in [0.25, 0.3) is 0 Å². The Bertz CT molecular complexity index is 1520. The van der Waals surface area contributed by atoms with Gasteiger partial charge in [0, 0.05) is 31.3 Å². The van der Waals surface area contributed by atoms with E-state index in [1.807, 2.05) is 0 Å². The van der Waals surface area contributed by atoms with Crippen molar-refractivity contribution in [1.29, 1.82) is 5.41 Å². The number of carbonyl (C=O) groups excluding carboxylic acids is 2. The van der Waals surface area contributed by atoms with Gasteiger partial charge in [-0.1, -0.05) is 18.2 Å². The van der Waals surface area contributed by atoms with Crippen LogP contribution in [-0.2, 0) is 25.6 Å². The highest BCUT2D eigenvalue weighted by Crippen LogP contribution is 2.39. The Kier molecular flexibility index (Phi) is 8.78. The summed E-state index contributed by atoms with van der Waals surface area (Å²) in [6.45, 7) is 2.57. The fourth-order valence-electron chi connectivity index (χ4n) is 5.01. The molecule has 42 heavy (non-hydrogen) atoms. The number of amides is 2. The number of hydrogen-bond acceptors (Lipinski definition) is 7. The summed E-state index contributed by atoms with van der Waals surface area (Å²) in [5, 5.41) is 15.4. The molecular formula is C28H33F3N6O4S. The monoisotopic (exact) mass is 606 g/mol. The number of carbonyl (C=O) groups is 2. The number of nitrogens with one attached hydrogen (secondary N) is 4. The van der Waals surface area contributed by atoms with E-state index in [1.54, 1.807) is 31.3 Å². The Hall–Kier alpha value is -3.78. The number of amidine groups is 1. The highest BCUT2D eigenvalue weighted by atomic mass is 32.2. The third kappa shape index (κ3) is 6.98. The molecule has 14 heteroatoms. The van der Waals surface area contributed by atoms with Gasteiger partial charge in [-0.2, -0.15) is 13.2 Å². The number of anilines is 1. The van der Waals surface area contributed by atoms with Crippen LogP contribution in [0.1, 0.15) is 45.1 Å². The Labute approximate surface area is 242 Å². The molecule has 0 bridgehead atoms. The van der Waals surface area contributed by atoms with Crippen LogP contribution in [0.4, 0.5) is 24.5 Å². The summed E-state index contributed by atoms with van der Waals surface area (Å²) < 4.78 is 68.8. The van der Waals surface area contributed by atoms with Crippen molar-refractivity contribution in [3.8, 4) is 0 Å². The first-order valence-corrected chi connectivity index (χ1v) is 14.9. The Morgan fingerprint density at radius 2 is 1.81 bits per heavy atom. The molecule has 2 unspecified atom stereocenters. The van der Waals surface area contributed by atoms with Gasteiger partial charge < -0.3 is 20.9 Å². The zero-order valence-electron chi connectivity index (χ0n) is 23.4. The van der Waals surface area contributed by atoms with E-state index in [9.17, 15) is 31.2 Å². The van der Waals surface area contributed by atoms with Gasteiger partial charge in [-0.3, -0.25) is 14.9 Å². The van der Waals surface area contributed by atoms with Crippen LogP contribution in [0.5, 0.6) is 0 Å². The summed E-state index contributed by atoms with van der Waals surface area (Å²) in [6.07, 6.45) is -3.88. The fourth-order valence-corrected chi connectivity index (χ4v) is 6.92. The van der Waals surface area contributed by atoms with Crippen molar-refractivity contribution < 1.29 is 31.2 Å². The first kappa shape index (κ1) is 31.2. The first-order chi connectivity index (χ1) is 19.6. The molecule has 2 aliphatic rings. The van der Waals surface area contributed by atoms with Gasteiger partial charge in [0.05, 0.1) is 27.1 Å². The molecule has 0 spiro atoms. The van der Waals surface area contributed by atoms with Crippen LogP contribution in [-0.4, -0.2) is 67.2 Å². The minimum Gasteiger partial charge on any atom is -0.346 e. The lowest BCUT2D eigenvalue weighted by Crippen LogP contribution is -2.53. The molecule has 1 aliphatic carbocycles. The predicted molar refractivity (Wildman–Crippen MR) is 153 cm³/mol. The largest absolute Gasteiger partial charge is 0.417 e. The quantitative estimate of drug-likeness (QED) is 0.194. The highest BCUT2D eigenvalue weighted by molar-refractivity contribution is 7.92. The van der Waals surface area contributed by atoms with Crippen molar-refractivity contribution in [3.63, 3.8) is 0 Å². The van der Waals surface area contributed by atoms with Crippen LogP contribution in [0.2, 0.25) is 0 Å². The second kappa shape index (κ2) is 11.8. The van der Waals surface area contributed by atoms with Gasteiger partial charge in [-0.25, -0.2) is 13.4 Å². The van der Waals surface area contributed by atoms with Crippen molar-refractivity contribution >= 4 is 44.6 Å². The van der Waals surface area contributed by atoms with Crippen molar-refractivity contribution in [2.24, 2.45) is 4.99 Å². The maximum Gasteiger partial charge on any atom is 0.417 e. The number of benzene rings is 2. The van der Waals surface area contributed by atoms with Gasteiger partial charge >= 0.3 is 6.18 Å². The second-order valence-electron chi connectivity index (χ2n) is 10.6. The van der Waals surface area contributed by atoms with E-state index < -0.39 is 49.3 Å². The molecule has 1 aliphatic heterocycles.